The molecular formula is C104H140. The van der Waals surface area contributed by atoms with Gasteiger partial charge >= 0.3 is 0 Å². The van der Waals surface area contributed by atoms with Crippen molar-refractivity contribution >= 4 is 64.6 Å². The molecule has 0 bridgehead atoms. The molecule has 0 aromatic heterocycles. The van der Waals surface area contributed by atoms with Crippen LogP contribution in [0.1, 0.15) is 200 Å². The summed E-state index contributed by atoms with van der Waals surface area (Å²) in [7, 11) is 0. The molecule has 0 spiro atoms. The van der Waals surface area contributed by atoms with E-state index in [0.29, 0.717) is 0 Å². The Balaban J connectivity index is 0. The van der Waals surface area contributed by atoms with Gasteiger partial charge in [0.05, 0.1) is 0 Å². The van der Waals surface area contributed by atoms with E-state index in [4.69, 9.17) is 0 Å². The van der Waals surface area contributed by atoms with Crippen molar-refractivity contribution in [3.8, 4) is 0 Å². The van der Waals surface area contributed by atoms with E-state index >= 15 is 0 Å². The molecule has 556 valence electrons. The topological polar surface area (TPSA) is 0 Å². The maximum Gasteiger partial charge on any atom is -0.0152 e. The number of aryl methyl sites for hydroxylation is 16. The zero-order valence-corrected chi connectivity index (χ0v) is 71.4. The Labute approximate surface area is 638 Å². The molecule has 14 aromatic carbocycles. The normalized spacial score (nSPS) is 9.15. The SMILES string of the molecule is CC.CC.CC.CC.CC.CC.CC.CC.Cc1cc2ccccc2cc1C.Cc1cc2ccccc2cc1C.Cc1ccc2ccccc2c1C.Cc1ccc2ccccc2c1C.Cc1ccc2ccccc2c1C.Cc1ccc2ccccc2c1C.Cc1ccccc1C.Cc1ccccc1C. The second kappa shape index (κ2) is 57.1. The van der Waals surface area contributed by atoms with E-state index < -0.39 is 0 Å². The summed E-state index contributed by atoms with van der Waals surface area (Å²) < 4.78 is 0. The molecular weight excluding hydrogens is 1250 g/mol. The fourth-order valence-corrected chi connectivity index (χ4v) is 10.4. The largest absolute Gasteiger partial charge is 0.0683 e. The molecule has 14 rings (SSSR count). The fourth-order valence-electron chi connectivity index (χ4n) is 10.4. The van der Waals surface area contributed by atoms with E-state index in [-0.39, 0.29) is 0 Å². The molecule has 0 heteroatoms. The van der Waals surface area contributed by atoms with Gasteiger partial charge in [-0.1, -0.05) is 378 Å². The van der Waals surface area contributed by atoms with Crippen LogP contribution < -0.4 is 0 Å². The average Bonchev–Trinajstić information content (AvgIpc) is 0.831. The Bertz CT molecular complexity index is 3960. The smallest absolute Gasteiger partial charge is 0.0152 e. The van der Waals surface area contributed by atoms with Gasteiger partial charge in [0.1, 0.15) is 0 Å². The highest BCUT2D eigenvalue weighted by molar-refractivity contribution is 5.89. The lowest BCUT2D eigenvalue weighted by atomic mass is 10.0. The number of rotatable bonds is 0. The first-order valence-corrected chi connectivity index (χ1v) is 39.1. The standard InChI is InChI=1S/6C12H12.2C8H10.8C2H6/c2*1-9-7-11-5-3-4-6-12(11)8-10(9)2;4*1-9-7-8-11-5-3-4-6-12(11)10(9)2;2*1-7-5-3-4-6-8(7)2;8*1-2/h6*3-8H,1-2H3;2*3-6H,1-2H3;8*1-2H3. The number of hydrogen-bond donors (Lipinski definition) is 0. The van der Waals surface area contributed by atoms with Gasteiger partial charge in [0.2, 0.25) is 0 Å². The molecule has 0 nitrogen and oxygen atoms in total. The van der Waals surface area contributed by atoms with Gasteiger partial charge in [-0.3, -0.25) is 0 Å². The van der Waals surface area contributed by atoms with Crippen LogP contribution >= 0.6 is 0 Å². The zero-order chi connectivity index (χ0) is 79.3. The zero-order valence-electron chi connectivity index (χ0n) is 71.4. The predicted molar refractivity (Wildman–Crippen MR) is 483 cm³/mol. The summed E-state index contributed by atoms with van der Waals surface area (Å²) in [5.41, 5.74) is 22.0. The van der Waals surface area contributed by atoms with Crippen LogP contribution in [0.3, 0.4) is 0 Å². The van der Waals surface area contributed by atoms with Gasteiger partial charge in [0, 0.05) is 0 Å². The summed E-state index contributed by atoms with van der Waals surface area (Å²) in [6, 6.07) is 94.1. The Morgan fingerprint density at radius 2 is 0.250 bits per heavy atom. The van der Waals surface area contributed by atoms with E-state index in [0.717, 1.165) is 0 Å². The minimum absolute atomic E-state index is 1.33. The van der Waals surface area contributed by atoms with Crippen LogP contribution in [0.5, 0.6) is 0 Å². The van der Waals surface area contributed by atoms with Crippen LogP contribution in [0.15, 0.2) is 267 Å². The number of benzene rings is 14. The van der Waals surface area contributed by atoms with Gasteiger partial charge in [0.15, 0.2) is 0 Å². The monoisotopic (exact) mass is 1390 g/mol. The lowest BCUT2D eigenvalue weighted by Crippen LogP contribution is -1.82. The minimum atomic E-state index is 1.33. The van der Waals surface area contributed by atoms with Gasteiger partial charge in [-0.15, -0.1) is 0 Å². The summed E-state index contributed by atoms with van der Waals surface area (Å²) in [5, 5.41) is 16.2. The molecule has 0 fully saturated rings. The Morgan fingerprint density at radius 3 is 0.404 bits per heavy atom. The van der Waals surface area contributed by atoms with Gasteiger partial charge in [-0.2, -0.15) is 0 Å². The summed E-state index contributed by atoms with van der Waals surface area (Å²) in [6.45, 7) is 66.4. The summed E-state index contributed by atoms with van der Waals surface area (Å²) in [5.74, 6) is 0. The molecule has 0 amide bonds. The molecule has 0 unspecified atom stereocenters. The first kappa shape index (κ1) is 96.7. The maximum absolute atomic E-state index is 2.24. The first-order chi connectivity index (χ1) is 50.3. The Kier molecular flexibility index (Phi) is 53.1. The van der Waals surface area contributed by atoms with Crippen molar-refractivity contribution in [2.75, 3.05) is 0 Å². The molecule has 0 N–H and O–H groups in total. The second-order valence-corrected chi connectivity index (χ2v) is 23.7. The van der Waals surface area contributed by atoms with E-state index in [2.05, 4.69) is 378 Å². The third kappa shape index (κ3) is 32.5. The number of hydrogen-bond acceptors (Lipinski definition) is 0. The van der Waals surface area contributed by atoms with Crippen molar-refractivity contribution in [1.82, 2.24) is 0 Å². The highest BCUT2D eigenvalue weighted by Crippen LogP contribution is 2.25. The van der Waals surface area contributed by atoms with Crippen LogP contribution in [-0.2, 0) is 0 Å². The molecule has 104 heavy (non-hydrogen) atoms. The van der Waals surface area contributed by atoms with E-state index in [1.807, 2.05) is 111 Å². The van der Waals surface area contributed by atoms with Gasteiger partial charge < -0.3 is 0 Å². The summed E-state index contributed by atoms with van der Waals surface area (Å²) >= 11 is 0. The first-order valence-electron chi connectivity index (χ1n) is 39.1. The molecule has 0 radical (unpaired) electrons. The summed E-state index contributed by atoms with van der Waals surface area (Å²) in [4.78, 5) is 0. The third-order valence-corrected chi connectivity index (χ3v) is 17.5. The van der Waals surface area contributed by atoms with E-state index in [1.165, 1.54) is 154 Å². The lowest BCUT2D eigenvalue weighted by molar-refractivity contribution is 1.34. The molecule has 0 atom stereocenters. The number of fused-ring (bicyclic) bond motifs is 6. The van der Waals surface area contributed by atoms with Crippen LogP contribution in [0.4, 0.5) is 0 Å². The molecule has 0 aliphatic carbocycles. The molecule has 14 aromatic rings. The van der Waals surface area contributed by atoms with Crippen molar-refractivity contribution in [3.05, 3.63) is 356 Å². The molecule has 0 aliphatic rings. The van der Waals surface area contributed by atoms with Crippen LogP contribution in [0.2, 0.25) is 0 Å². The summed E-state index contributed by atoms with van der Waals surface area (Å²) in [6.07, 6.45) is 0. The van der Waals surface area contributed by atoms with Gasteiger partial charge in [-0.05, 0) is 264 Å². The molecule has 0 saturated carbocycles. The lowest BCUT2D eigenvalue weighted by Gasteiger charge is -2.04. The molecule has 0 aliphatic heterocycles. The Hall–Kier alpha value is -9.36. The van der Waals surface area contributed by atoms with Crippen molar-refractivity contribution in [3.63, 3.8) is 0 Å². The van der Waals surface area contributed by atoms with Crippen LogP contribution in [0, 0.1) is 111 Å². The highest BCUT2D eigenvalue weighted by atomic mass is 14.1. The van der Waals surface area contributed by atoms with Crippen molar-refractivity contribution in [2.24, 2.45) is 0 Å². The van der Waals surface area contributed by atoms with Crippen molar-refractivity contribution < 1.29 is 0 Å². The van der Waals surface area contributed by atoms with Gasteiger partial charge in [0.25, 0.3) is 0 Å². The van der Waals surface area contributed by atoms with Crippen LogP contribution in [-0.4, -0.2) is 0 Å². The van der Waals surface area contributed by atoms with Crippen molar-refractivity contribution in [1.29, 1.82) is 0 Å². The van der Waals surface area contributed by atoms with Gasteiger partial charge in [-0.25, -0.2) is 0 Å². The molecule has 0 saturated heterocycles. The fraction of sp³-hybridized carbons (Fsp3) is 0.308. The average molecular weight is 1390 g/mol. The van der Waals surface area contributed by atoms with E-state index in [1.54, 1.807) is 0 Å². The second-order valence-electron chi connectivity index (χ2n) is 23.7. The molecule has 0 heterocycles. The Morgan fingerprint density at radius 1 is 0.115 bits per heavy atom. The van der Waals surface area contributed by atoms with E-state index in [9.17, 15) is 0 Å². The quantitative estimate of drug-likeness (QED) is 0.142. The minimum Gasteiger partial charge on any atom is -0.0683 e. The van der Waals surface area contributed by atoms with Crippen molar-refractivity contribution in [2.45, 2.75) is 222 Å². The maximum atomic E-state index is 2.24. The third-order valence-electron chi connectivity index (χ3n) is 17.5. The predicted octanol–water partition coefficient (Wildman–Crippen LogP) is 33.6. The van der Waals surface area contributed by atoms with Crippen LogP contribution in [0.25, 0.3) is 64.6 Å². The highest BCUT2D eigenvalue weighted by Gasteiger charge is 2.02.